The predicted octanol–water partition coefficient (Wildman–Crippen LogP) is 1.72. The van der Waals surface area contributed by atoms with Crippen LogP contribution in [0.25, 0.3) is 0 Å². The average Bonchev–Trinajstić information content (AvgIpc) is 3.08. The van der Waals surface area contributed by atoms with E-state index < -0.39 is 5.82 Å². The fraction of sp³-hybridized carbons (Fsp3) is 0.353. The topological polar surface area (TPSA) is 87.3 Å². The highest BCUT2D eigenvalue weighted by Crippen LogP contribution is 2.17. The first-order valence-corrected chi connectivity index (χ1v) is 7.81. The molecule has 2 aromatic rings. The van der Waals surface area contributed by atoms with Gasteiger partial charge in [0.1, 0.15) is 6.61 Å². The number of H-pyrrole nitrogens is 1. The number of nitrogens with one attached hydrogen (secondary N) is 2. The van der Waals surface area contributed by atoms with E-state index in [9.17, 15) is 14.0 Å². The molecule has 0 aliphatic carbocycles. The van der Waals surface area contributed by atoms with Gasteiger partial charge in [0, 0.05) is 26.6 Å². The number of carbonyl (C=O) groups excluding carboxylic acids is 2. The summed E-state index contributed by atoms with van der Waals surface area (Å²) in [5.74, 6) is -0.791. The molecule has 0 unspecified atom stereocenters. The summed E-state index contributed by atoms with van der Waals surface area (Å²) in [6, 6.07) is 7.34. The first-order valence-electron chi connectivity index (χ1n) is 7.81. The Hall–Kier alpha value is -2.90. The van der Waals surface area contributed by atoms with Crippen molar-refractivity contribution in [1.29, 1.82) is 0 Å². The van der Waals surface area contributed by atoms with Crippen LogP contribution in [-0.2, 0) is 11.4 Å². The zero-order valence-electron chi connectivity index (χ0n) is 14.4. The van der Waals surface area contributed by atoms with Crippen molar-refractivity contribution in [3.63, 3.8) is 0 Å². The Morgan fingerprint density at radius 2 is 2.12 bits per heavy atom. The predicted molar refractivity (Wildman–Crippen MR) is 89.6 cm³/mol. The van der Waals surface area contributed by atoms with Gasteiger partial charge >= 0.3 is 0 Å². The van der Waals surface area contributed by atoms with Crippen LogP contribution in [0, 0.1) is 5.82 Å². The van der Waals surface area contributed by atoms with E-state index in [1.54, 1.807) is 39.2 Å². The van der Waals surface area contributed by atoms with Crippen molar-refractivity contribution in [3.05, 3.63) is 47.5 Å². The Balaban J connectivity index is 1.96. The standard InChI is InChI=1S/C17H21FN4O3/c1-11(8-16(23)19-2)22(3)17(24)14-9-12(20-21-14)10-25-15-7-5-4-6-13(15)18/h4-7,9,11H,8,10H2,1-3H3,(H,19,23)(H,20,21)/t11-/m0/s1. The lowest BCUT2D eigenvalue weighted by Crippen LogP contribution is -2.38. The van der Waals surface area contributed by atoms with Crippen LogP contribution < -0.4 is 10.1 Å². The molecule has 1 aromatic heterocycles. The molecule has 134 valence electrons. The van der Waals surface area contributed by atoms with E-state index in [0.29, 0.717) is 5.69 Å². The Bertz CT molecular complexity index is 747. The first kappa shape index (κ1) is 18.4. The van der Waals surface area contributed by atoms with Gasteiger partial charge < -0.3 is 15.0 Å². The van der Waals surface area contributed by atoms with Gasteiger partial charge in [0.15, 0.2) is 17.3 Å². The number of rotatable bonds is 7. The number of nitrogens with zero attached hydrogens (tertiary/aromatic N) is 2. The Labute approximate surface area is 145 Å². The molecule has 0 bridgehead atoms. The number of aromatic nitrogens is 2. The lowest BCUT2D eigenvalue weighted by molar-refractivity contribution is -0.121. The van der Waals surface area contributed by atoms with Gasteiger partial charge in [0.05, 0.1) is 5.69 Å². The molecule has 0 fully saturated rings. The van der Waals surface area contributed by atoms with Gasteiger partial charge in [-0.25, -0.2) is 4.39 Å². The third kappa shape index (κ3) is 4.79. The second-order valence-electron chi connectivity index (χ2n) is 5.64. The summed E-state index contributed by atoms with van der Waals surface area (Å²) in [5.41, 5.74) is 0.748. The maximum atomic E-state index is 13.5. The van der Waals surface area contributed by atoms with Crippen LogP contribution in [0.3, 0.4) is 0 Å². The largest absolute Gasteiger partial charge is 0.484 e. The summed E-state index contributed by atoms with van der Waals surface area (Å²) in [6.45, 7) is 1.83. The highest BCUT2D eigenvalue weighted by atomic mass is 19.1. The van der Waals surface area contributed by atoms with E-state index >= 15 is 0 Å². The molecule has 2 rings (SSSR count). The molecular formula is C17H21FN4O3. The van der Waals surface area contributed by atoms with E-state index in [-0.39, 0.29) is 42.3 Å². The fourth-order valence-corrected chi connectivity index (χ4v) is 2.15. The first-order chi connectivity index (χ1) is 11.9. The van der Waals surface area contributed by atoms with Crippen molar-refractivity contribution in [2.45, 2.75) is 26.0 Å². The Kier molecular flexibility index (Phi) is 6.10. The third-order valence-corrected chi connectivity index (χ3v) is 3.81. The summed E-state index contributed by atoms with van der Waals surface area (Å²) in [4.78, 5) is 25.3. The minimum absolute atomic E-state index is 0.0543. The summed E-state index contributed by atoms with van der Waals surface area (Å²) in [5, 5.41) is 9.19. The number of para-hydroxylation sites is 1. The second kappa shape index (κ2) is 8.27. The quantitative estimate of drug-likeness (QED) is 0.798. The van der Waals surface area contributed by atoms with Gasteiger partial charge in [0.25, 0.3) is 5.91 Å². The SMILES string of the molecule is CNC(=O)C[C@H](C)N(C)C(=O)c1cc(COc2ccccc2F)[nH]n1. The van der Waals surface area contributed by atoms with Gasteiger partial charge in [-0.15, -0.1) is 0 Å². The lowest BCUT2D eigenvalue weighted by Gasteiger charge is -2.23. The maximum Gasteiger partial charge on any atom is 0.274 e. The van der Waals surface area contributed by atoms with Gasteiger partial charge in [-0.2, -0.15) is 5.10 Å². The van der Waals surface area contributed by atoms with E-state index in [0.717, 1.165) is 0 Å². The molecule has 7 nitrogen and oxygen atoms in total. The molecule has 2 N–H and O–H groups in total. The van der Waals surface area contributed by atoms with Crippen LogP contribution in [0.2, 0.25) is 0 Å². The minimum atomic E-state index is -0.457. The van der Waals surface area contributed by atoms with Gasteiger partial charge in [0.2, 0.25) is 5.91 Å². The van der Waals surface area contributed by atoms with Crippen molar-refractivity contribution < 1.29 is 18.7 Å². The maximum absolute atomic E-state index is 13.5. The smallest absolute Gasteiger partial charge is 0.274 e. The molecule has 0 saturated heterocycles. The van der Waals surface area contributed by atoms with Crippen molar-refractivity contribution in [3.8, 4) is 5.75 Å². The summed E-state index contributed by atoms with van der Waals surface area (Å²) >= 11 is 0. The number of carbonyl (C=O) groups is 2. The van der Waals surface area contributed by atoms with Crippen molar-refractivity contribution >= 4 is 11.8 Å². The molecule has 25 heavy (non-hydrogen) atoms. The number of hydrogen-bond donors (Lipinski definition) is 2. The monoisotopic (exact) mass is 348 g/mol. The molecule has 1 aromatic carbocycles. The number of benzene rings is 1. The van der Waals surface area contributed by atoms with Crippen molar-refractivity contribution in [2.75, 3.05) is 14.1 Å². The zero-order valence-corrected chi connectivity index (χ0v) is 14.4. The Morgan fingerprint density at radius 3 is 2.80 bits per heavy atom. The molecule has 8 heteroatoms. The molecule has 0 aliphatic heterocycles. The van der Waals surface area contributed by atoms with Crippen LogP contribution in [-0.4, -0.2) is 47.0 Å². The summed E-state index contributed by atoms with van der Waals surface area (Å²) < 4.78 is 18.9. The van der Waals surface area contributed by atoms with Crippen LogP contribution in [0.1, 0.15) is 29.5 Å². The van der Waals surface area contributed by atoms with E-state index in [4.69, 9.17) is 4.74 Å². The van der Waals surface area contributed by atoms with Crippen molar-refractivity contribution in [2.24, 2.45) is 0 Å². The van der Waals surface area contributed by atoms with Crippen LogP contribution >= 0.6 is 0 Å². The van der Waals surface area contributed by atoms with Gasteiger partial charge in [-0.3, -0.25) is 14.7 Å². The van der Waals surface area contributed by atoms with Gasteiger partial charge in [-0.1, -0.05) is 12.1 Å². The molecule has 0 radical (unpaired) electrons. The average molecular weight is 348 g/mol. The van der Waals surface area contributed by atoms with Crippen LogP contribution in [0.15, 0.2) is 30.3 Å². The lowest BCUT2D eigenvalue weighted by atomic mass is 10.2. The number of hydrogen-bond acceptors (Lipinski definition) is 4. The zero-order chi connectivity index (χ0) is 18.4. The molecule has 0 spiro atoms. The van der Waals surface area contributed by atoms with E-state index in [1.807, 2.05) is 0 Å². The molecule has 0 saturated carbocycles. The number of aromatic amines is 1. The summed E-state index contributed by atoms with van der Waals surface area (Å²) in [7, 11) is 3.16. The normalized spacial score (nSPS) is 11.7. The molecule has 1 atom stereocenters. The molecular weight excluding hydrogens is 327 g/mol. The van der Waals surface area contributed by atoms with Crippen LogP contribution in [0.5, 0.6) is 5.75 Å². The Morgan fingerprint density at radius 1 is 1.40 bits per heavy atom. The minimum Gasteiger partial charge on any atom is -0.484 e. The number of ether oxygens (including phenoxy) is 1. The highest BCUT2D eigenvalue weighted by Gasteiger charge is 2.21. The van der Waals surface area contributed by atoms with E-state index in [1.165, 1.54) is 17.0 Å². The van der Waals surface area contributed by atoms with Gasteiger partial charge in [-0.05, 0) is 25.1 Å². The number of amides is 2. The summed E-state index contributed by atoms with van der Waals surface area (Å²) in [6.07, 6.45) is 0.201. The number of halogens is 1. The highest BCUT2D eigenvalue weighted by molar-refractivity contribution is 5.92. The molecule has 0 aliphatic rings. The van der Waals surface area contributed by atoms with E-state index in [2.05, 4.69) is 15.5 Å². The van der Waals surface area contributed by atoms with Crippen LogP contribution in [0.4, 0.5) is 4.39 Å². The fourth-order valence-electron chi connectivity index (χ4n) is 2.15. The molecule has 2 amide bonds. The third-order valence-electron chi connectivity index (χ3n) is 3.81. The second-order valence-corrected chi connectivity index (χ2v) is 5.64. The molecule has 1 heterocycles. The van der Waals surface area contributed by atoms with Crippen molar-refractivity contribution in [1.82, 2.24) is 20.4 Å².